The highest BCUT2D eigenvalue weighted by molar-refractivity contribution is 9.10. The number of ether oxygens (including phenoxy) is 1. The SMILES string of the molecule is O=C(COC(=O)c1ccc(Br)o1)c1ccc2c(c1)-c1ccccc1C2. The normalized spacial score (nSPS) is 11.7. The summed E-state index contributed by atoms with van der Waals surface area (Å²) in [5, 5.41) is 0. The van der Waals surface area contributed by atoms with Crippen molar-refractivity contribution in [1.29, 1.82) is 0 Å². The molecular weight excluding hydrogens is 384 g/mol. The number of fused-ring (bicyclic) bond motifs is 3. The second kappa shape index (κ2) is 6.33. The Hall–Kier alpha value is -2.66. The van der Waals surface area contributed by atoms with Crippen LogP contribution in [0.15, 0.2) is 63.7 Å². The first-order valence-corrected chi connectivity index (χ1v) is 8.58. The van der Waals surface area contributed by atoms with E-state index in [1.54, 1.807) is 12.1 Å². The van der Waals surface area contributed by atoms with Gasteiger partial charge in [0.25, 0.3) is 0 Å². The molecule has 1 aromatic heterocycles. The van der Waals surface area contributed by atoms with Crippen molar-refractivity contribution in [3.8, 4) is 11.1 Å². The van der Waals surface area contributed by atoms with Crippen LogP contribution in [0.3, 0.4) is 0 Å². The largest absolute Gasteiger partial charge is 0.451 e. The van der Waals surface area contributed by atoms with E-state index in [0.29, 0.717) is 10.2 Å². The highest BCUT2D eigenvalue weighted by atomic mass is 79.9. The number of benzene rings is 2. The first kappa shape index (κ1) is 15.8. The second-order valence-electron chi connectivity index (χ2n) is 5.81. The molecule has 0 aliphatic heterocycles. The van der Waals surface area contributed by atoms with Gasteiger partial charge in [-0.05, 0) is 62.8 Å². The summed E-state index contributed by atoms with van der Waals surface area (Å²) in [6.07, 6.45) is 0.877. The van der Waals surface area contributed by atoms with Crippen LogP contribution >= 0.6 is 15.9 Å². The highest BCUT2D eigenvalue weighted by Gasteiger charge is 2.20. The summed E-state index contributed by atoms with van der Waals surface area (Å²) in [7, 11) is 0. The van der Waals surface area contributed by atoms with Crippen LogP contribution in [0.5, 0.6) is 0 Å². The number of Topliss-reactive ketones (excluding diaryl/α,β-unsaturated/α-hetero) is 1. The lowest BCUT2D eigenvalue weighted by Gasteiger charge is -2.06. The number of hydrogen-bond donors (Lipinski definition) is 0. The summed E-state index contributed by atoms with van der Waals surface area (Å²) in [5.74, 6) is -0.848. The Bertz CT molecular complexity index is 987. The van der Waals surface area contributed by atoms with Crippen LogP contribution in [-0.4, -0.2) is 18.4 Å². The minimum atomic E-state index is -0.662. The molecule has 0 atom stereocenters. The Kier molecular flexibility index (Phi) is 4.01. The molecule has 4 rings (SSSR count). The molecule has 124 valence electrons. The van der Waals surface area contributed by atoms with Crippen LogP contribution < -0.4 is 0 Å². The summed E-state index contributed by atoms with van der Waals surface area (Å²) >= 11 is 3.12. The Morgan fingerprint density at radius 2 is 1.80 bits per heavy atom. The van der Waals surface area contributed by atoms with E-state index in [1.165, 1.54) is 17.2 Å². The minimum Gasteiger partial charge on any atom is -0.451 e. The fourth-order valence-electron chi connectivity index (χ4n) is 3.01. The average molecular weight is 397 g/mol. The molecule has 4 nitrogen and oxygen atoms in total. The number of rotatable bonds is 4. The van der Waals surface area contributed by atoms with Gasteiger partial charge < -0.3 is 9.15 Å². The molecule has 5 heteroatoms. The number of carbonyl (C=O) groups excluding carboxylic acids is 2. The van der Waals surface area contributed by atoms with Gasteiger partial charge in [-0.3, -0.25) is 4.79 Å². The van der Waals surface area contributed by atoms with Crippen molar-refractivity contribution < 1.29 is 18.7 Å². The Balaban J connectivity index is 1.50. The van der Waals surface area contributed by atoms with E-state index < -0.39 is 5.97 Å². The Labute approximate surface area is 152 Å². The van der Waals surface area contributed by atoms with Gasteiger partial charge in [0.1, 0.15) is 0 Å². The Morgan fingerprint density at radius 1 is 1.00 bits per heavy atom. The first-order valence-electron chi connectivity index (χ1n) is 7.79. The van der Waals surface area contributed by atoms with E-state index in [0.717, 1.165) is 17.5 Å². The van der Waals surface area contributed by atoms with Crippen molar-refractivity contribution in [3.05, 3.63) is 81.7 Å². The number of ketones is 1. The van der Waals surface area contributed by atoms with Crippen molar-refractivity contribution in [2.24, 2.45) is 0 Å². The zero-order chi connectivity index (χ0) is 17.4. The predicted octanol–water partition coefficient (Wildman–Crippen LogP) is 4.65. The van der Waals surface area contributed by atoms with Crippen molar-refractivity contribution >= 4 is 27.7 Å². The van der Waals surface area contributed by atoms with Crippen LogP contribution in [0.25, 0.3) is 11.1 Å². The molecule has 0 unspecified atom stereocenters. The van der Waals surface area contributed by atoms with Gasteiger partial charge in [-0.2, -0.15) is 0 Å². The third kappa shape index (κ3) is 3.03. The molecule has 1 heterocycles. The molecule has 0 fully saturated rings. The van der Waals surface area contributed by atoms with Gasteiger partial charge in [0.2, 0.25) is 5.76 Å². The molecule has 0 bridgehead atoms. The fourth-order valence-corrected chi connectivity index (χ4v) is 3.31. The molecule has 1 aliphatic carbocycles. The first-order chi connectivity index (χ1) is 12.1. The zero-order valence-corrected chi connectivity index (χ0v) is 14.7. The smallest absolute Gasteiger partial charge is 0.374 e. The lowest BCUT2D eigenvalue weighted by molar-refractivity contribution is 0.0442. The topological polar surface area (TPSA) is 56.5 Å². The van der Waals surface area contributed by atoms with E-state index in [1.807, 2.05) is 24.3 Å². The number of halogens is 1. The molecule has 25 heavy (non-hydrogen) atoms. The maximum Gasteiger partial charge on any atom is 0.374 e. The van der Waals surface area contributed by atoms with E-state index in [9.17, 15) is 9.59 Å². The third-order valence-corrected chi connectivity index (χ3v) is 4.66. The van der Waals surface area contributed by atoms with Crippen LogP contribution in [0.2, 0.25) is 0 Å². The minimum absolute atomic E-state index is 0.0579. The Morgan fingerprint density at radius 3 is 2.60 bits per heavy atom. The van der Waals surface area contributed by atoms with E-state index in [4.69, 9.17) is 9.15 Å². The van der Waals surface area contributed by atoms with Crippen molar-refractivity contribution in [3.63, 3.8) is 0 Å². The highest BCUT2D eigenvalue weighted by Crippen LogP contribution is 2.36. The number of esters is 1. The van der Waals surface area contributed by atoms with Crippen molar-refractivity contribution in [2.45, 2.75) is 6.42 Å². The lowest BCUT2D eigenvalue weighted by Crippen LogP contribution is -2.14. The molecule has 0 radical (unpaired) electrons. The summed E-state index contributed by atoms with van der Waals surface area (Å²) in [6.45, 7) is -0.322. The second-order valence-corrected chi connectivity index (χ2v) is 6.59. The molecule has 0 spiro atoms. The molecule has 0 amide bonds. The van der Waals surface area contributed by atoms with Gasteiger partial charge in [0.15, 0.2) is 17.1 Å². The molecule has 0 saturated carbocycles. The molecular formula is C20H13BrO4. The molecule has 0 N–H and O–H groups in total. The van der Waals surface area contributed by atoms with E-state index in [-0.39, 0.29) is 18.2 Å². The van der Waals surface area contributed by atoms with Crippen LogP contribution in [-0.2, 0) is 11.2 Å². The summed E-state index contributed by atoms with van der Waals surface area (Å²) in [4.78, 5) is 24.2. The van der Waals surface area contributed by atoms with Crippen LogP contribution in [0.1, 0.15) is 32.0 Å². The van der Waals surface area contributed by atoms with Gasteiger partial charge in [0.05, 0.1) is 0 Å². The van der Waals surface area contributed by atoms with Crippen LogP contribution in [0.4, 0.5) is 0 Å². The molecule has 2 aromatic carbocycles. The predicted molar refractivity (Wildman–Crippen MR) is 95.7 cm³/mol. The van der Waals surface area contributed by atoms with Crippen molar-refractivity contribution in [1.82, 2.24) is 0 Å². The third-order valence-electron chi connectivity index (χ3n) is 4.23. The van der Waals surface area contributed by atoms with Gasteiger partial charge in [-0.25, -0.2) is 4.79 Å². The quantitative estimate of drug-likeness (QED) is 0.372. The molecule has 3 aromatic rings. The fraction of sp³-hybridized carbons (Fsp3) is 0.100. The van der Waals surface area contributed by atoms with E-state index in [2.05, 4.69) is 28.1 Å². The van der Waals surface area contributed by atoms with Gasteiger partial charge in [-0.15, -0.1) is 0 Å². The summed E-state index contributed by atoms with van der Waals surface area (Å²) < 4.78 is 10.6. The van der Waals surface area contributed by atoms with Gasteiger partial charge in [0, 0.05) is 5.56 Å². The maximum atomic E-state index is 12.4. The summed E-state index contributed by atoms with van der Waals surface area (Å²) in [6, 6.07) is 16.9. The van der Waals surface area contributed by atoms with Gasteiger partial charge in [-0.1, -0.05) is 36.4 Å². The van der Waals surface area contributed by atoms with Crippen molar-refractivity contribution in [2.75, 3.05) is 6.61 Å². The molecule has 1 aliphatic rings. The number of hydrogen-bond acceptors (Lipinski definition) is 4. The van der Waals surface area contributed by atoms with Crippen LogP contribution in [0, 0.1) is 0 Å². The monoisotopic (exact) mass is 396 g/mol. The molecule has 0 saturated heterocycles. The zero-order valence-electron chi connectivity index (χ0n) is 13.1. The maximum absolute atomic E-state index is 12.4. The summed E-state index contributed by atoms with van der Waals surface area (Å²) in [5.41, 5.74) is 5.23. The average Bonchev–Trinajstić information content (AvgIpc) is 3.22. The number of carbonyl (C=O) groups is 2. The number of furan rings is 1. The lowest BCUT2D eigenvalue weighted by atomic mass is 10.0. The van der Waals surface area contributed by atoms with Gasteiger partial charge >= 0.3 is 5.97 Å². The van der Waals surface area contributed by atoms with E-state index >= 15 is 0 Å². The standard InChI is InChI=1S/C20H13BrO4/c21-19-8-7-18(25-19)20(23)24-11-17(22)14-6-5-13-9-12-3-1-2-4-15(12)16(13)10-14/h1-8,10H,9,11H2.